The molecule has 0 aromatic carbocycles. The quantitative estimate of drug-likeness (QED) is 0.758. The molecular weight excluding hydrogens is 270 g/mol. The Hall–Kier alpha value is -1.82. The van der Waals surface area contributed by atoms with Gasteiger partial charge in [-0.15, -0.1) is 0 Å². The van der Waals surface area contributed by atoms with Crippen LogP contribution in [0.25, 0.3) is 0 Å². The number of nitrogens with zero attached hydrogens (tertiary/aromatic N) is 1. The Bertz CT molecular complexity index is 443. The maximum Gasteiger partial charge on any atom is 0.234 e. The molecule has 1 rings (SSSR count). The summed E-state index contributed by atoms with van der Waals surface area (Å²) in [7, 11) is 0. The first-order valence-electron chi connectivity index (χ1n) is 7.26. The minimum absolute atomic E-state index is 0.0706. The van der Waals surface area contributed by atoms with Gasteiger partial charge in [-0.05, 0) is 39.4 Å². The number of furan rings is 1. The maximum absolute atomic E-state index is 12.0. The third kappa shape index (κ3) is 6.44. The zero-order valence-corrected chi connectivity index (χ0v) is 13.2. The van der Waals surface area contributed by atoms with Gasteiger partial charge in [-0.1, -0.05) is 6.92 Å². The standard InChI is InChI=1S/C15H25N3O3/c1-5-18(9-14(19)16-11(2)3)10-15(20)17-12(4)13-7-6-8-21-13/h6-8,11-12H,5,9-10H2,1-4H3,(H,16,19)(H,17,20). The van der Waals surface area contributed by atoms with Crippen LogP contribution in [0.5, 0.6) is 0 Å². The normalized spacial score (nSPS) is 12.5. The smallest absolute Gasteiger partial charge is 0.234 e. The van der Waals surface area contributed by atoms with E-state index in [4.69, 9.17) is 4.42 Å². The molecule has 1 aromatic rings. The van der Waals surface area contributed by atoms with E-state index in [1.807, 2.05) is 33.8 Å². The summed E-state index contributed by atoms with van der Waals surface area (Å²) in [6.45, 7) is 8.64. The third-order valence-corrected chi connectivity index (χ3v) is 2.98. The molecule has 0 aliphatic carbocycles. The highest BCUT2D eigenvalue weighted by Crippen LogP contribution is 2.11. The van der Waals surface area contributed by atoms with Crippen LogP contribution in [0.2, 0.25) is 0 Å². The first-order valence-corrected chi connectivity index (χ1v) is 7.26. The molecule has 6 nitrogen and oxygen atoms in total. The molecule has 0 saturated carbocycles. The third-order valence-electron chi connectivity index (χ3n) is 2.98. The number of likely N-dealkylation sites (N-methyl/N-ethyl adjacent to an activating group) is 1. The molecule has 0 aliphatic heterocycles. The van der Waals surface area contributed by atoms with Crippen LogP contribution in [0.4, 0.5) is 0 Å². The minimum atomic E-state index is -0.185. The minimum Gasteiger partial charge on any atom is -0.467 e. The van der Waals surface area contributed by atoms with Gasteiger partial charge in [0.25, 0.3) is 0 Å². The zero-order chi connectivity index (χ0) is 15.8. The Balaban J connectivity index is 2.42. The number of hydrogen-bond acceptors (Lipinski definition) is 4. The lowest BCUT2D eigenvalue weighted by molar-refractivity contribution is -0.125. The van der Waals surface area contributed by atoms with Crippen LogP contribution in [-0.2, 0) is 9.59 Å². The fourth-order valence-electron chi connectivity index (χ4n) is 1.95. The lowest BCUT2D eigenvalue weighted by Gasteiger charge is -2.21. The van der Waals surface area contributed by atoms with Crippen molar-refractivity contribution >= 4 is 11.8 Å². The van der Waals surface area contributed by atoms with Crippen molar-refractivity contribution in [1.82, 2.24) is 15.5 Å². The van der Waals surface area contributed by atoms with E-state index in [0.29, 0.717) is 12.3 Å². The molecule has 1 heterocycles. The summed E-state index contributed by atoms with van der Waals surface area (Å²) in [6.07, 6.45) is 1.58. The van der Waals surface area contributed by atoms with Crippen LogP contribution in [0.15, 0.2) is 22.8 Å². The molecule has 2 N–H and O–H groups in total. The fourth-order valence-corrected chi connectivity index (χ4v) is 1.95. The van der Waals surface area contributed by atoms with Crippen LogP contribution in [0, 0.1) is 0 Å². The lowest BCUT2D eigenvalue weighted by Crippen LogP contribution is -2.44. The summed E-state index contributed by atoms with van der Waals surface area (Å²) in [6, 6.07) is 3.52. The molecule has 0 bridgehead atoms. The summed E-state index contributed by atoms with van der Waals surface area (Å²) in [4.78, 5) is 25.5. The summed E-state index contributed by atoms with van der Waals surface area (Å²) in [5.74, 6) is 0.515. The van der Waals surface area contributed by atoms with Gasteiger partial charge >= 0.3 is 0 Å². The Kier molecular flexibility index (Phi) is 6.94. The largest absolute Gasteiger partial charge is 0.467 e. The molecule has 0 fully saturated rings. The highest BCUT2D eigenvalue weighted by molar-refractivity contribution is 5.81. The van der Waals surface area contributed by atoms with Crippen molar-refractivity contribution in [3.05, 3.63) is 24.2 Å². The van der Waals surface area contributed by atoms with Crippen LogP contribution in [0.1, 0.15) is 39.5 Å². The average molecular weight is 295 g/mol. The molecule has 1 atom stereocenters. The first kappa shape index (κ1) is 17.2. The van der Waals surface area contributed by atoms with E-state index in [0.717, 1.165) is 0 Å². The van der Waals surface area contributed by atoms with Gasteiger partial charge in [-0.2, -0.15) is 0 Å². The van der Waals surface area contributed by atoms with Crippen molar-refractivity contribution in [1.29, 1.82) is 0 Å². The van der Waals surface area contributed by atoms with Gasteiger partial charge in [-0.3, -0.25) is 14.5 Å². The molecule has 0 radical (unpaired) electrons. The van der Waals surface area contributed by atoms with E-state index < -0.39 is 0 Å². The van der Waals surface area contributed by atoms with Crippen molar-refractivity contribution in [2.75, 3.05) is 19.6 Å². The van der Waals surface area contributed by atoms with Crippen molar-refractivity contribution < 1.29 is 14.0 Å². The zero-order valence-electron chi connectivity index (χ0n) is 13.2. The van der Waals surface area contributed by atoms with Crippen LogP contribution in [0.3, 0.4) is 0 Å². The molecule has 1 unspecified atom stereocenters. The number of nitrogens with one attached hydrogen (secondary N) is 2. The average Bonchev–Trinajstić information content (AvgIpc) is 2.90. The Labute approximate surface area is 125 Å². The summed E-state index contributed by atoms with van der Waals surface area (Å²) in [5.41, 5.74) is 0. The van der Waals surface area contributed by atoms with Crippen molar-refractivity contribution in [3.63, 3.8) is 0 Å². The summed E-state index contributed by atoms with van der Waals surface area (Å²) < 4.78 is 5.24. The van der Waals surface area contributed by atoms with Gasteiger partial charge in [0.2, 0.25) is 11.8 Å². The van der Waals surface area contributed by atoms with E-state index in [9.17, 15) is 9.59 Å². The maximum atomic E-state index is 12.0. The van der Waals surface area contributed by atoms with Gasteiger partial charge in [-0.25, -0.2) is 0 Å². The van der Waals surface area contributed by atoms with Gasteiger partial charge in [0.15, 0.2) is 0 Å². The Morgan fingerprint density at radius 1 is 1.19 bits per heavy atom. The van der Waals surface area contributed by atoms with E-state index >= 15 is 0 Å². The molecule has 0 spiro atoms. The second kappa shape index (κ2) is 8.46. The number of hydrogen-bond donors (Lipinski definition) is 2. The van der Waals surface area contributed by atoms with Crippen LogP contribution >= 0.6 is 0 Å². The van der Waals surface area contributed by atoms with Gasteiger partial charge < -0.3 is 15.1 Å². The second-order valence-corrected chi connectivity index (χ2v) is 5.33. The van der Waals surface area contributed by atoms with E-state index in [1.165, 1.54) is 0 Å². The van der Waals surface area contributed by atoms with Gasteiger partial charge in [0, 0.05) is 6.04 Å². The molecule has 118 valence electrons. The Morgan fingerprint density at radius 3 is 2.29 bits per heavy atom. The van der Waals surface area contributed by atoms with Crippen molar-refractivity contribution in [3.8, 4) is 0 Å². The number of amides is 2. The van der Waals surface area contributed by atoms with E-state index in [1.54, 1.807) is 17.2 Å². The van der Waals surface area contributed by atoms with E-state index in [-0.39, 0.29) is 37.0 Å². The highest BCUT2D eigenvalue weighted by atomic mass is 16.3. The predicted octanol–water partition coefficient (Wildman–Crippen LogP) is 1.30. The fraction of sp³-hybridized carbons (Fsp3) is 0.600. The van der Waals surface area contributed by atoms with Crippen LogP contribution in [-0.4, -0.2) is 42.4 Å². The summed E-state index contributed by atoms with van der Waals surface area (Å²) in [5, 5.41) is 5.67. The van der Waals surface area contributed by atoms with E-state index in [2.05, 4.69) is 10.6 Å². The lowest BCUT2D eigenvalue weighted by atomic mass is 10.2. The van der Waals surface area contributed by atoms with Crippen LogP contribution < -0.4 is 10.6 Å². The Morgan fingerprint density at radius 2 is 1.81 bits per heavy atom. The number of carbonyl (C=O) groups excluding carboxylic acids is 2. The second-order valence-electron chi connectivity index (χ2n) is 5.33. The number of carbonyl (C=O) groups is 2. The predicted molar refractivity (Wildman–Crippen MR) is 80.7 cm³/mol. The van der Waals surface area contributed by atoms with Crippen molar-refractivity contribution in [2.24, 2.45) is 0 Å². The molecular formula is C15H25N3O3. The number of rotatable bonds is 8. The SMILES string of the molecule is CCN(CC(=O)NC(C)C)CC(=O)NC(C)c1ccco1. The summed E-state index contributed by atoms with van der Waals surface area (Å²) >= 11 is 0. The van der Waals surface area contributed by atoms with Crippen molar-refractivity contribution in [2.45, 2.75) is 39.8 Å². The highest BCUT2D eigenvalue weighted by Gasteiger charge is 2.16. The molecule has 0 aliphatic rings. The molecule has 6 heteroatoms. The molecule has 2 amide bonds. The first-order chi connectivity index (χ1) is 9.92. The van der Waals surface area contributed by atoms with Gasteiger partial charge in [0.05, 0.1) is 25.4 Å². The monoisotopic (exact) mass is 295 g/mol. The molecule has 21 heavy (non-hydrogen) atoms. The molecule has 1 aromatic heterocycles. The topological polar surface area (TPSA) is 74.6 Å². The molecule has 0 saturated heterocycles. The van der Waals surface area contributed by atoms with Gasteiger partial charge in [0.1, 0.15) is 5.76 Å².